The highest BCUT2D eigenvalue weighted by Crippen LogP contribution is 2.23. The molecule has 4 rings (SSSR count). The van der Waals surface area contributed by atoms with E-state index in [9.17, 15) is 0 Å². The van der Waals surface area contributed by atoms with Crippen LogP contribution in [0.25, 0.3) is 11.4 Å². The van der Waals surface area contributed by atoms with Gasteiger partial charge in [-0.3, -0.25) is 0 Å². The highest BCUT2D eigenvalue weighted by Gasteiger charge is 2.18. The van der Waals surface area contributed by atoms with E-state index in [1.54, 1.807) is 0 Å². The first-order valence-electron chi connectivity index (χ1n) is 9.50. The second-order valence-electron chi connectivity index (χ2n) is 7.34. The fraction of sp³-hybridized carbons (Fsp3) is 0.500. The summed E-state index contributed by atoms with van der Waals surface area (Å²) < 4.78 is 0. The van der Waals surface area contributed by atoms with Gasteiger partial charge in [0.05, 0.1) is 11.4 Å². The third-order valence-electron chi connectivity index (χ3n) is 5.39. The van der Waals surface area contributed by atoms with Crippen LogP contribution in [0.5, 0.6) is 0 Å². The van der Waals surface area contributed by atoms with E-state index in [4.69, 9.17) is 9.97 Å². The van der Waals surface area contributed by atoms with E-state index in [0.29, 0.717) is 0 Å². The monoisotopic (exact) mass is 352 g/mol. The Hall–Kier alpha value is -2.18. The van der Waals surface area contributed by atoms with Crippen LogP contribution in [0.2, 0.25) is 0 Å². The topological polar surface area (TPSA) is 38.7 Å². The van der Waals surface area contributed by atoms with Gasteiger partial charge in [0.15, 0.2) is 0 Å². The van der Waals surface area contributed by atoms with Crippen LogP contribution in [-0.4, -0.2) is 86.2 Å². The summed E-state index contributed by atoms with van der Waals surface area (Å²) in [6, 6.07) is 12.5. The Balaban J connectivity index is 1.54. The molecule has 2 aliphatic rings. The van der Waals surface area contributed by atoms with E-state index >= 15 is 0 Å². The standard InChI is InChI=1S/C20H28N6/c1-23-9-13-25(14-10-23)19-7-3-5-17(21-19)18-6-4-8-20(22-18)26-15-11-24(2)12-16-26/h3-8H,9-16H2,1-2H3. The first-order valence-corrected chi connectivity index (χ1v) is 9.50. The van der Waals surface area contributed by atoms with Crippen LogP contribution in [0, 0.1) is 0 Å². The summed E-state index contributed by atoms with van der Waals surface area (Å²) in [6.45, 7) is 8.46. The second-order valence-corrected chi connectivity index (χ2v) is 7.34. The van der Waals surface area contributed by atoms with Crippen LogP contribution in [0.3, 0.4) is 0 Å². The maximum absolute atomic E-state index is 4.91. The van der Waals surface area contributed by atoms with E-state index < -0.39 is 0 Å². The molecule has 2 aromatic rings. The third-order valence-corrected chi connectivity index (χ3v) is 5.39. The van der Waals surface area contributed by atoms with Gasteiger partial charge in [0.25, 0.3) is 0 Å². The molecule has 4 heterocycles. The lowest BCUT2D eigenvalue weighted by atomic mass is 10.2. The van der Waals surface area contributed by atoms with Crippen LogP contribution >= 0.6 is 0 Å². The third kappa shape index (κ3) is 3.81. The predicted octanol–water partition coefficient (Wildman–Crippen LogP) is 1.65. The Kier molecular flexibility index (Phi) is 5.04. The minimum absolute atomic E-state index is 0.956. The van der Waals surface area contributed by atoms with Crippen molar-refractivity contribution in [2.24, 2.45) is 0 Å². The maximum atomic E-state index is 4.91. The molecule has 0 aromatic carbocycles. The van der Waals surface area contributed by atoms with Gasteiger partial charge in [-0.2, -0.15) is 0 Å². The summed E-state index contributed by atoms with van der Waals surface area (Å²) in [5, 5.41) is 0. The van der Waals surface area contributed by atoms with E-state index in [2.05, 4.69) is 70.1 Å². The van der Waals surface area contributed by atoms with Crippen molar-refractivity contribution in [1.82, 2.24) is 19.8 Å². The van der Waals surface area contributed by atoms with E-state index in [0.717, 1.165) is 75.4 Å². The number of nitrogens with zero attached hydrogens (tertiary/aromatic N) is 6. The van der Waals surface area contributed by atoms with Crippen molar-refractivity contribution >= 4 is 11.6 Å². The minimum atomic E-state index is 0.956. The van der Waals surface area contributed by atoms with E-state index in [-0.39, 0.29) is 0 Å². The van der Waals surface area contributed by atoms with Crippen molar-refractivity contribution in [1.29, 1.82) is 0 Å². The number of hydrogen-bond donors (Lipinski definition) is 0. The molecule has 2 saturated heterocycles. The lowest BCUT2D eigenvalue weighted by molar-refractivity contribution is 0.312. The van der Waals surface area contributed by atoms with E-state index in [1.165, 1.54) is 0 Å². The van der Waals surface area contributed by atoms with Crippen molar-refractivity contribution in [2.45, 2.75) is 0 Å². The number of likely N-dealkylation sites (N-methyl/N-ethyl adjacent to an activating group) is 2. The summed E-state index contributed by atoms with van der Waals surface area (Å²) >= 11 is 0. The summed E-state index contributed by atoms with van der Waals surface area (Å²) in [6.07, 6.45) is 0. The number of piperazine rings is 2. The molecule has 6 nitrogen and oxygen atoms in total. The largest absolute Gasteiger partial charge is 0.354 e. The maximum Gasteiger partial charge on any atom is 0.129 e. The van der Waals surface area contributed by atoms with Crippen molar-refractivity contribution in [2.75, 3.05) is 76.3 Å². The van der Waals surface area contributed by atoms with Crippen LogP contribution in [0.1, 0.15) is 0 Å². The number of pyridine rings is 2. The molecule has 0 aliphatic carbocycles. The predicted molar refractivity (Wildman–Crippen MR) is 107 cm³/mol. The van der Waals surface area contributed by atoms with Gasteiger partial charge in [-0.05, 0) is 38.4 Å². The van der Waals surface area contributed by atoms with Crippen LogP contribution in [0.4, 0.5) is 11.6 Å². The number of anilines is 2. The van der Waals surface area contributed by atoms with Gasteiger partial charge in [-0.15, -0.1) is 0 Å². The van der Waals surface area contributed by atoms with Gasteiger partial charge < -0.3 is 19.6 Å². The summed E-state index contributed by atoms with van der Waals surface area (Å²) in [5.74, 6) is 2.12. The Morgan fingerprint density at radius 2 is 0.962 bits per heavy atom. The molecule has 26 heavy (non-hydrogen) atoms. The minimum Gasteiger partial charge on any atom is -0.354 e. The van der Waals surface area contributed by atoms with Gasteiger partial charge >= 0.3 is 0 Å². The summed E-state index contributed by atoms with van der Waals surface area (Å²) in [7, 11) is 4.35. The van der Waals surface area contributed by atoms with Crippen molar-refractivity contribution in [3.8, 4) is 11.4 Å². The molecule has 2 fully saturated rings. The van der Waals surface area contributed by atoms with Gasteiger partial charge in [-0.1, -0.05) is 12.1 Å². The second kappa shape index (κ2) is 7.60. The van der Waals surface area contributed by atoms with Crippen LogP contribution in [-0.2, 0) is 0 Å². The normalized spacial score (nSPS) is 19.8. The van der Waals surface area contributed by atoms with Crippen molar-refractivity contribution < 1.29 is 0 Å². The van der Waals surface area contributed by atoms with Gasteiger partial charge in [0, 0.05) is 52.4 Å². The zero-order valence-corrected chi connectivity index (χ0v) is 15.8. The fourth-order valence-corrected chi connectivity index (χ4v) is 3.56. The molecular weight excluding hydrogens is 324 g/mol. The van der Waals surface area contributed by atoms with Crippen LogP contribution in [0.15, 0.2) is 36.4 Å². The molecule has 0 N–H and O–H groups in total. The zero-order valence-electron chi connectivity index (χ0n) is 15.8. The Bertz CT molecular complexity index is 669. The smallest absolute Gasteiger partial charge is 0.129 e. The van der Waals surface area contributed by atoms with Gasteiger partial charge in [-0.25, -0.2) is 9.97 Å². The molecule has 0 amide bonds. The molecular formula is C20H28N6. The Labute approximate surface area is 156 Å². The molecule has 0 radical (unpaired) electrons. The van der Waals surface area contributed by atoms with Crippen LogP contribution < -0.4 is 9.80 Å². The lowest BCUT2D eigenvalue weighted by Crippen LogP contribution is -2.45. The van der Waals surface area contributed by atoms with Gasteiger partial charge in [0.2, 0.25) is 0 Å². The number of rotatable bonds is 3. The average molecular weight is 352 g/mol. The molecule has 0 unspecified atom stereocenters. The number of aromatic nitrogens is 2. The molecule has 0 saturated carbocycles. The Morgan fingerprint density at radius 3 is 1.35 bits per heavy atom. The summed E-state index contributed by atoms with van der Waals surface area (Å²) in [5.41, 5.74) is 1.91. The van der Waals surface area contributed by atoms with Gasteiger partial charge in [0.1, 0.15) is 11.6 Å². The molecule has 2 aromatic heterocycles. The highest BCUT2D eigenvalue weighted by atomic mass is 15.3. The molecule has 0 spiro atoms. The Morgan fingerprint density at radius 1 is 0.577 bits per heavy atom. The molecule has 0 atom stereocenters. The molecule has 2 aliphatic heterocycles. The van der Waals surface area contributed by atoms with E-state index in [1.807, 2.05) is 0 Å². The van der Waals surface area contributed by atoms with Crippen molar-refractivity contribution in [3.63, 3.8) is 0 Å². The first-order chi connectivity index (χ1) is 12.7. The SMILES string of the molecule is CN1CCN(c2cccc(-c3cccc(N4CCN(C)CC4)n3)n2)CC1. The fourth-order valence-electron chi connectivity index (χ4n) is 3.56. The number of hydrogen-bond acceptors (Lipinski definition) is 6. The first kappa shape index (κ1) is 17.2. The molecule has 0 bridgehead atoms. The molecule has 6 heteroatoms. The van der Waals surface area contributed by atoms with Crippen molar-refractivity contribution in [3.05, 3.63) is 36.4 Å². The molecule has 138 valence electrons. The quantitative estimate of drug-likeness (QED) is 0.836. The average Bonchev–Trinajstić information content (AvgIpc) is 2.69. The summed E-state index contributed by atoms with van der Waals surface area (Å²) in [4.78, 5) is 19.3. The lowest BCUT2D eigenvalue weighted by Gasteiger charge is -2.33. The zero-order chi connectivity index (χ0) is 17.9. The highest BCUT2D eigenvalue weighted by molar-refractivity contribution is 5.60.